The summed E-state index contributed by atoms with van der Waals surface area (Å²) < 4.78 is 1.89. The molecule has 1 atom stereocenters. The molecule has 0 radical (unpaired) electrons. The van der Waals surface area contributed by atoms with Crippen molar-refractivity contribution in [1.82, 2.24) is 20.0 Å². The van der Waals surface area contributed by atoms with Crippen LogP contribution in [0.3, 0.4) is 0 Å². The second-order valence-electron chi connectivity index (χ2n) is 8.11. The van der Waals surface area contributed by atoms with Crippen LogP contribution in [0.25, 0.3) is 0 Å². The highest BCUT2D eigenvalue weighted by Gasteiger charge is 2.26. The van der Waals surface area contributed by atoms with Crippen molar-refractivity contribution >= 4 is 5.96 Å². The maximum absolute atomic E-state index is 4.90. The SMILES string of the molecule is CCNC(=NCCCc1ccc(C(C)C)cc1)N1CCC(c2cnn(C)c2)C1. The van der Waals surface area contributed by atoms with Gasteiger partial charge in [-0.25, -0.2) is 0 Å². The van der Waals surface area contributed by atoms with Gasteiger partial charge in [-0.15, -0.1) is 0 Å². The van der Waals surface area contributed by atoms with Gasteiger partial charge in [-0.2, -0.15) is 5.10 Å². The summed E-state index contributed by atoms with van der Waals surface area (Å²) in [6, 6.07) is 9.05. The van der Waals surface area contributed by atoms with Crippen LogP contribution in [0, 0.1) is 0 Å². The maximum Gasteiger partial charge on any atom is 0.193 e. The first-order valence-corrected chi connectivity index (χ1v) is 10.7. The summed E-state index contributed by atoms with van der Waals surface area (Å²) in [6.45, 7) is 10.5. The number of hydrogen-bond acceptors (Lipinski definition) is 2. The third kappa shape index (κ3) is 5.37. The third-order valence-electron chi connectivity index (χ3n) is 5.55. The smallest absolute Gasteiger partial charge is 0.193 e. The van der Waals surface area contributed by atoms with E-state index in [1.165, 1.54) is 16.7 Å². The molecule has 2 heterocycles. The van der Waals surface area contributed by atoms with Gasteiger partial charge in [0.2, 0.25) is 0 Å². The normalized spacial score (nSPS) is 17.5. The zero-order chi connectivity index (χ0) is 19.9. The van der Waals surface area contributed by atoms with Crippen LogP contribution in [0.15, 0.2) is 41.7 Å². The highest BCUT2D eigenvalue weighted by molar-refractivity contribution is 5.80. The molecule has 0 bridgehead atoms. The lowest BCUT2D eigenvalue weighted by Gasteiger charge is -2.21. The van der Waals surface area contributed by atoms with E-state index in [-0.39, 0.29) is 0 Å². The van der Waals surface area contributed by atoms with Crippen LogP contribution in [0.4, 0.5) is 0 Å². The van der Waals surface area contributed by atoms with Gasteiger partial charge in [0.05, 0.1) is 6.20 Å². The van der Waals surface area contributed by atoms with Crippen molar-refractivity contribution in [2.45, 2.75) is 51.9 Å². The van der Waals surface area contributed by atoms with E-state index >= 15 is 0 Å². The molecule has 1 aliphatic heterocycles. The molecule has 1 aromatic heterocycles. The summed E-state index contributed by atoms with van der Waals surface area (Å²) in [5.41, 5.74) is 4.15. The van der Waals surface area contributed by atoms with Crippen molar-refractivity contribution in [2.75, 3.05) is 26.2 Å². The molecule has 2 aromatic rings. The molecular formula is C23H35N5. The molecule has 0 saturated carbocycles. The van der Waals surface area contributed by atoms with Gasteiger partial charge in [-0.05, 0) is 48.8 Å². The number of rotatable bonds is 7. The number of guanidine groups is 1. The maximum atomic E-state index is 4.90. The summed E-state index contributed by atoms with van der Waals surface area (Å²) in [6.07, 6.45) is 7.47. The minimum Gasteiger partial charge on any atom is -0.357 e. The van der Waals surface area contributed by atoms with Gasteiger partial charge >= 0.3 is 0 Å². The summed E-state index contributed by atoms with van der Waals surface area (Å²) in [5, 5.41) is 7.80. The fourth-order valence-corrected chi connectivity index (χ4v) is 3.84. The molecule has 1 fully saturated rings. The monoisotopic (exact) mass is 381 g/mol. The summed E-state index contributed by atoms with van der Waals surface area (Å²) in [4.78, 5) is 7.30. The molecule has 1 N–H and O–H groups in total. The van der Waals surface area contributed by atoms with Crippen LogP contribution in [0.5, 0.6) is 0 Å². The van der Waals surface area contributed by atoms with Crippen molar-refractivity contribution < 1.29 is 0 Å². The van der Waals surface area contributed by atoms with Gasteiger partial charge in [-0.3, -0.25) is 9.67 Å². The lowest BCUT2D eigenvalue weighted by atomic mass is 10.0. The Labute approximate surface area is 169 Å². The van der Waals surface area contributed by atoms with Crippen molar-refractivity contribution in [2.24, 2.45) is 12.0 Å². The van der Waals surface area contributed by atoms with E-state index in [0.717, 1.165) is 51.4 Å². The Bertz CT molecular complexity index is 760. The van der Waals surface area contributed by atoms with Gasteiger partial charge in [0, 0.05) is 45.3 Å². The predicted molar refractivity (Wildman–Crippen MR) is 117 cm³/mol. The first-order chi connectivity index (χ1) is 13.6. The molecular weight excluding hydrogens is 346 g/mol. The molecule has 0 aliphatic carbocycles. The average molecular weight is 382 g/mol. The highest BCUT2D eigenvalue weighted by Crippen LogP contribution is 2.26. The van der Waals surface area contributed by atoms with Crippen molar-refractivity contribution in [3.8, 4) is 0 Å². The van der Waals surface area contributed by atoms with Gasteiger partial charge in [0.15, 0.2) is 5.96 Å². The molecule has 1 unspecified atom stereocenters. The Morgan fingerprint density at radius 2 is 2.07 bits per heavy atom. The molecule has 5 heteroatoms. The molecule has 1 aliphatic rings. The van der Waals surface area contributed by atoms with Gasteiger partial charge in [0.1, 0.15) is 0 Å². The van der Waals surface area contributed by atoms with Crippen LogP contribution in [0.1, 0.15) is 62.1 Å². The van der Waals surface area contributed by atoms with Crippen molar-refractivity contribution in [3.63, 3.8) is 0 Å². The van der Waals surface area contributed by atoms with Crippen LogP contribution < -0.4 is 5.32 Å². The summed E-state index contributed by atoms with van der Waals surface area (Å²) in [5.74, 6) is 2.21. The average Bonchev–Trinajstić information content (AvgIpc) is 3.33. The second kappa shape index (κ2) is 9.76. The zero-order valence-corrected chi connectivity index (χ0v) is 17.9. The number of nitrogens with zero attached hydrogens (tertiary/aromatic N) is 4. The Morgan fingerprint density at radius 1 is 1.29 bits per heavy atom. The van der Waals surface area contributed by atoms with Crippen molar-refractivity contribution in [1.29, 1.82) is 0 Å². The number of aryl methyl sites for hydroxylation is 2. The van der Waals surface area contributed by atoms with E-state index in [1.807, 2.05) is 17.9 Å². The minimum atomic E-state index is 0.553. The van der Waals surface area contributed by atoms with E-state index in [0.29, 0.717) is 11.8 Å². The molecule has 3 rings (SSSR count). The molecule has 28 heavy (non-hydrogen) atoms. The fraction of sp³-hybridized carbons (Fsp3) is 0.565. The Morgan fingerprint density at radius 3 is 2.71 bits per heavy atom. The zero-order valence-electron chi connectivity index (χ0n) is 17.9. The number of benzene rings is 1. The van der Waals surface area contributed by atoms with Crippen molar-refractivity contribution in [3.05, 3.63) is 53.3 Å². The van der Waals surface area contributed by atoms with E-state index in [9.17, 15) is 0 Å². The molecule has 152 valence electrons. The first kappa shape index (κ1) is 20.4. The standard InChI is InChI=1S/C23H35N5/c1-5-24-23(28-14-12-21(17-28)22-15-26-27(4)16-22)25-13-6-7-19-8-10-20(11-9-19)18(2)3/h8-11,15-16,18,21H,5-7,12-14,17H2,1-4H3,(H,24,25). The fourth-order valence-electron chi connectivity index (χ4n) is 3.84. The summed E-state index contributed by atoms with van der Waals surface area (Å²) >= 11 is 0. The van der Waals surface area contributed by atoms with Gasteiger partial charge in [0.25, 0.3) is 0 Å². The number of nitrogens with one attached hydrogen (secondary N) is 1. The third-order valence-corrected chi connectivity index (χ3v) is 5.55. The Balaban J connectivity index is 1.51. The highest BCUT2D eigenvalue weighted by atomic mass is 15.3. The summed E-state index contributed by atoms with van der Waals surface area (Å²) in [7, 11) is 1.98. The minimum absolute atomic E-state index is 0.553. The lowest BCUT2D eigenvalue weighted by molar-refractivity contribution is 0.485. The topological polar surface area (TPSA) is 45.5 Å². The van der Waals surface area contributed by atoms with Crippen LogP contribution in [0.2, 0.25) is 0 Å². The molecule has 1 saturated heterocycles. The Kier molecular flexibility index (Phi) is 7.12. The number of likely N-dealkylation sites (tertiary alicyclic amines) is 1. The number of aliphatic imine (C=N–C) groups is 1. The first-order valence-electron chi connectivity index (χ1n) is 10.7. The van der Waals surface area contributed by atoms with Gasteiger partial charge in [-0.1, -0.05) is 38.1 Å². The van der Waals surface area contributed by atoms with E-state index in [2.05, 4.69) is 66.5 Å². The van der Waals surface area contributed by atoms with Gasteiger partial charge < -0.3 is 10.2 Å². The van der Waals surface area contributed by atoms with Crippen LogP contribution in [-0.2, 0) is 13.5 Å². The Hall–Kier alpha value is -2.30. The predicted octanol–water partition coefficient (Wildman–Crippen LogP) is 3.93. The molecule has 0 amide bonds. The van der Waals surface area contributed by atoms with Crippen LogP contribution >= 0.6 is 0 Å². The molecule has 1 aromatic carbocycles. The largest absolute Gasteiger partial charge is 0.357 e. The van der Waals surface area contributed by atoms with E-state index < -0.39 is 0 Å². The molecule has 0 spiro atoms. The number of hydrogen-bond donors (Lipinski definition) is 1. The molecule has 5 nitrogen and oxygen atoms in total. The second-order valence-corrected chi connectivity index (χ2v) is 8.11. The van der Waals surface area contributed by atoms with E-state index in [1.54, 1.807) is 0 Å². The number of aromatic nitrogens is 2. The quantitative estimate of drug-likeness (QED) is 0.449. The lowest BCUT2D eigenvalue weighted by Crippen LogP contribution is -2.40. The van der Waals surface area contributed by atoms with Crippen LogP contribution in [-0.4, -0.2) is 46.8 Å². The van der Waals surface area contributed by atoms with E-state index in [4.69, 9.17) is 4.99 Å².